The number of aromatic nitrogens is 3. The van der Waals surface area contributed by atoms with E-state index in [1.807, 2.05) is 6.07 Å². The lowest BCUT2D eigenvalue weighted by Gasteiger charge is -2.06. The average Bonchev–Trinajstić information content (AvgIpc) is 3.02. The molecular weight excluding hydrogens is 266 g/mol. The summed E-state index contributed by atoms with van der Waals surface area (Å²) in [5, 5.41) is 6.86. The fraction of sp³-hybridized carbons (Fsp3) is 0. The molecule has 0 fully saturated rings. The van der Waals surface area contributed by atoms with Gasteiger partial charge < -0.3 is 11.1 Å². The zero-order valence-electron chi connectivity index (χ0n) is 11.1. The van der Waals surface area contributed by atoms with Crippen LogP contribution in [0.1, 0.15) is 10.4 Å². The number of nitrogens with two attached hydrogens (primary N) is 1. The average molecular weight is 279 g/mol. The van der Waals surface area contributed by atoms with Gasteiger partial charge >= 0.3 is 0 Å². The van der Waals surface area contributed by atoms with Gasteiger partial charge in [-0.2, -0.15) is 5.10 Å². The maximum absolute atomic E-state index is 12.1. The summed E-state index contributed by atoms with van der Waals surface area (Å²) in [5.74, 6) is 0.456. The molecule has 2 aromatic heterocycles. The van der Waals surface area contributed by atoms with E-state index < -0.39 is 0 Å². The van der Waals surface area contributed by atoms with Gasteiger partial charge in [-0.15, -0.1) is 0 Å². The molecule has 2 heterocycles. The zero-order valence-corrected chi connectivity index (χ0v) is 11.1. The van der Waals surface area contributed by atoms with Crippen LogP contribution in [-0.4, -0.2) is 20.7 Å². The van der Waals surface area contributed by atoms with Gasteiger partial charge in [0.15, 0.2) is 5.82 Å². The van der Waals surface area contributed by atoms with Crippen LogP contribution in [0.25, 0.3) is 5.82 Å². The molecule has 0 saturated heterocycles. The number of pyridine rings is 1. The second-order valence-corrected chi connectivity index (χ2v) is 4.44. The van der Waals surface area contributed by atoms with Crippen molar-refractivity contribution < 1.29 is 4.79 Å². The molecule has 3 N–H and O–H groups in total. The molecular formula is C15H13N5O. The number of nitrogen functional groups attached to an aromatic ring is 1. The van der Waals surface area contributed by atoms with Crippen molar-refractivity contribution in [2.24, 2.45) is 0 Å². The SMILES string of the molecule is Nc1cccc(C(=O)Nc2ccc(-n3cccn3)nc2)c1. The lowest BCUT2D eigenvalue weighted by Crippen LogP contribution is -2.12. The summed E-state index contributed by atoms with van der Waals surface area (Å²) in [7, 11) is 0. The van der Waals surface area contributed by atoms with E-state index in [1.165, 1.54) is 0 Å². The second kappa shape index (κ2) is 5.46. The highest BCUT2D eigenvalue weighted by molar-refractivity contribution is 6.04. The molecule has 0 bridgehead atoms. The molecule has 104 valence electrons. The lowest BCUT2D eigenvalue weighted by molar-refractivity contribution is 0.102. The summed E-state index contributed by atoms with van der Waals surface area (Å²) >= 11 is 0. The Morgan fingerprint density at radius 1 is 1.19 bits per heavy atom. The van der Waals surface area contributed by atoms with Crippen molar-refractivity contribution in [3.05, 3.63) is 66.6 Å². The molecule has 1 aromatic carbocycles. The van der Waals surface area contributed by atoms with Gasteiger partial charge in [-0.25, -0.2) is 9.67 Å². The molecule has 0 saturated carbocycles. The number of hydrogen-bond donors (Lipinski definition) is 2. The lowest BCUT2D eigenvalue weighted by atomic mass is 10.2. The van der Waals surface area contributed by atoms with E-state index in [-0.39, 0.29) is 5.91 Å². The van der Waals surface area contributed by atoms with Crippen molar-refractivity contribution in [3.63, 3.8) is 0 Å². The third-order valence-corrected chi connectivity index (χ3v) is 2.89. The topological polar surface area (TPSA) is 85.8 Å². The first kappa shape index (κ1) is 12.9. The Kier molecular flexibility index (Phi) is 3.34. The van der Waals surface area contributed by atoms with Gasteiger partial charge in [-0.1, -0.05) is 6.07 Å². The highest BCUT2D eigenvalue weighted by Gasteiger charge is 2.06. The first-order chi connectivity index (χ1) is 10.2. The molecule has 0 spiro atoms. The zero-order chi connectivity index (χ0) is 14.7. The summed E-state index contributed by atoms with van der Waals surface area (Å²) in [6.07, 6.45) is 5.06. The fourth-order valence-corrected chi connectivity index (χ4v) is 1.88. The normalized spacial score (nSPS) is 10.3. The van der Waals surface area contributed by atoms with Crippen molar-refractivity contribution in [2.75, 3.05) is 11.1 Å². The Labute approximate surface area is 121 Å². The number of carbonyl (C=O) groups is 1. The van der Waals surface area contributed by atoms with Gasteiger partial charge in [0.25, 0.3) is 5.91 Å². The van der Waals surface area contributed by atoms with Gasteiger partial charge in [0.05, 0.1) is 11.9 Å². The Hall–Kier alpha value is -3.15. The number of amides is 1. The van der Waals surface area contributed by atoms with Crippen LogP contribution in [0.5, 0.6) is 0 Å². The van der Waals surface area contributed by atoms with E-state index >= 15 is 0 Å². The molecule has 0 aliphatic rings. The number of nitrogens with one attached hydrogen (secondary N) is 1. The molecule has 3 aromatic rings. The van der Waals surface area contributed by atoms with Crippen molar-refractivity contribution in [3.8, 4) is 5.82 Å². The Morgan fingerprint density at radius 3 is 2.76 bits per heavy atom. The van der Waals surface area contributed by atoms with Crippen LogP contribution in [-0.2, 0) is 0 Å². The molecule has 0 aliphatic heterocycles. The second-order valence-electron chi connectivity index (χ2n) is 4.44. The van der Waals surface area contributed by atoms with Crippen molar-refractivity contribution in [1.82, 2.24) is 14.8 Å². The number of hydrogen-bond acceptors (Lipinski definition) is 4. The molecule has 21 heavy (non-hydrogen) atoms. The molecule has 0 aliphatic carbocycles. The monoisotopic (exact) mass is 279 g/mol. The number of benzene rings is 1. The summed E-state index contributed by atoms with van der Waals surface area (Å²) < 4.78 is 1.64. The third-order valence-electron chi connectivity index (χ3n) is 2.89. The van der Waals surface area contributed by atoms with E-state index in [0.29, 0.717) is 22.8 Å². The van der Waals surface area contributed by atoms with Crippen molar-refractivity contribution in [1.29, 1.82) is 0 Å². The van der Waals surface area contributed by atoms with E-state index in [4.69, 9.17) is 5.73 Å². The maximum atomic E-state index is 12.1. The summed E-state index contributed by atoms with van der Waals surface area (Å²) in [4.78, 5) is 16.3. The highest BCUT2D eigenvalue weighted by Crippen LogP contribution is 2.12. The predicted octanol–water partition coefficient (Wildman–Crippen LogP) is 2.10. The minimum absolute atomic E-state index is 0.226. The van der Waals surface area contributed by atoms with Crippen molar-refractivity contribution >= 4 is 17.3 Å². The summed E-state index contributed by atoms with van der Waals surface area (Å²) in [6, 6.07) is 12.2. The smallest absolute Gasteiger partial charge is 0.255 e. The Balaban J connectivity index is 1.75. The van der Waals surface area contributed by atoms with Crippen LogP contribution in [0.4, 0.5) is 11.4 Å². The minimum atomic E-state index is -0.226. The van der Waals surface area contributed by atoms with E-state index in [0.717, 1.165) is 0 Å². The minimum Gasteiger partial charge on any atom is -0.399 e. The number of nitrogens with zero attached hydrogens (tertiary/aromatic N) is 3. The van der Waals surface area contributed by atoms with Gasteiger partial charge in [-0.3, -0.25) is 4.79 Å². The fourth-order valence-electron chi connectivity index (χ4n) is 1.88. The first-order valence-corrected chi connectivity index (χ1v) is 6.35. The van der Waals surface area contributed by atoms with Gasteiger partial charge in [-0.05, 0) is 36.4 Å². The number of anilines is 2. The maximum Gasteiger partial charge on any atom is 0.255 e. The van der Waals surface area contributed by atoms with Gasteiger partial charge in [0.2, 0.25) is 0 Å². The van der Waals surface area contributed by atoms with Crippen LogP contribution in [0.3, 0.4) is 0 Å². The molecule has 0 radical (unpaired) electrons. The van der Waals surface area contributed by atoms with Crippen LogP contribution >= 0.6 is 0 Å². The predicted molar refractivity (Wildman–Crippen MR) is 80.2 cm³/mol. The van der Waals surface area contributed by atoms with E-state index in [9.17, 15) is 4.79 Å². The Bertz CT molecular complexity index is 750. The van der Waals surface area contributed by atoms with Gasteiger partial charge in [0.1, 0.15) is 0 Å². The summed E-state index contributed by atoms with van der Waals surface area (Å²) in [6.45, 7) is 0. The van der Waals surface area contributed by atoms with Crippen LogP contribution in [0.2, 0.25) is 0 Å². The highest BCUT2D eigenvalue weighted by atomic mass is 16.1. The number of carbonyl (C=O) groups excluding carboxylic acids is 1. The van der Waals surface area contributed by atoms with E-state index in [1.54, 1.807) is 59.7 Å². The number of rotatable bonds is 3. The van der Waals surface area contributed by atoms with E-state index in [2.05, 4.69) is 15.4 Å². The first-order valence-electron chi connectivity index (χ1n) is 6.35. The van der Waals surface area contributed by atoms with Crippen molar-refractivity contribution in [2.45, 2.75) is 0 Å². The largest absolute Gasteiger partial charge is 0.399 e. The summed E-state index contributed by atoms with van der Waals surface area (Å²) in [5.41, 5.74) is 7.33. The Morgan fingerprint density at radius 2 is 2.10 bits per heavy atom. The molecule has 0 atom stereocenters. The molecule has 3 rings (SSSR count). The molecule has 1 amide bonds. The standard InChI is InChI=1S/C15H13N5O/c16-12-4-1-3-11(9-12)15(21)19-13-5-6-14(17-10-13)20-8-2-7-18-20/h1-10H,16H2,(H,19,21). The van der Waals surface area contributed by atoms with Gasteiger partial charge in [0, 0.05) is 23.6 Å². The third kappa shape index (κ3) is 2.89. The quantitative estimate of drug-likeness (QED) is 0.719. The van der Waals surface area contributed by atoms with Crippen LogP contribution < -0.4 is 11.1 Å². The van der Waals surface area contributed by atoms with Crippen LogP contribution in [0.15, 0.2) is 61.1 Å². The molecule has 6 nitrogen and oxygen atoms in total. The van der Waals surface area contributed by atoms with Crippen LogP contribution in [0, 0.1) is 0 Å². The molecule has 6 heteroatoms. The molecule has 0 unspecified atom stereocenters.